The molecule has 0 bridgehead atoms. The number of ether oxygens (including phenoxy) is 1. The van der Waals surface area contributed by atoms with Gasteiger partial charge >= 0.3 is 0 Å². The average Bonchev–Trinajstić information content (AvgIpc) is 2.38. The molecule has 0 fully saturated rings. The first kappa shape index (κ1) is 15.5. The van der Waals surface area contributed by atoms with Crippen LogP contribution in [0.15, 0.2) is 23.1 Å². The third-order valence-corrected chi connectivity index (χ3v) is 3.70. The third kappa shape index (κ3) is 3.45. The highest BCUT2D eigenvalue weighted by atomic mass is 32.2. The normalized spacial score (nSPS) is 11.2. The summed E-state index contributed by atoms with van der Waals surface area (Å²) >= 11 is 0. The van der Waals surface area contributed by atoms with Crippen molar-refractivity contribution in [3.05, 3.63) is 23.8 Å². The Kier molecular flexibility index (Phi) is 4.90. The zero-order valence-electron chi connectivity index (χ0n) is 11.2. The quantitative estimate of drug-likeness (QED) is 0.868. The Labute approximate surface area is 113 Å². The summed E-state index contributed by atoms with van der Waals surface area (Å²) in [5, 5.41) is 5.11. The van der Waals surface area contributed by atoms with E-state index in [2.05, 4.69) is 0 Å². The van der Waals surface area contributed by atoms with Crippen LogP contribution in [0.25, 0.3) is 0 Å². The summed E-state index contributed by atoms with van der Waals surface area (Å²) in [4.78, 5) is 13.5. The molecular weight excluding hydrogens is 268 g/mol. The van der Waals surface area contributed by atoms with Gasteiger partial charge in [-0.1, -0.05) is 0 Å². The van der Waals surface area contributed by atoms with Crippen LogP contribution in [0, 0.1) is 0 Å². The Hall–Kier alpha value is -1.60. The number of nitrogens with two attached hydrogens (primary N) is 1. The summed E-state index contributed by atoms with van der Waals surface area (Å²) in [6.45, 7) is 4.80. The van der Waals surface area contributed by atoms with Crippen molar-refractivity contribution in [2.24, 2.45) is 5.14 Å². The van der Waals surface area contributed by atoms with Crippen molar-refractivity contribution in [3.63, 3.8) is 0 Å². The first-order chi connectivity index (χ1) is 8.85. The molecule has 2 N–H and O–H groups in total. The minimum absolute atomic E-state index is 0.124. The van der Waals surface area contributed by atoms with Crippen LogP contribution in [0.1, 0.15) is 24.2 Å². The van der Waals surface area contributed by atoms with E-state index in [4.69, 9.17) is 9.88 Å². The second-order valence-corrected chi connectivity index (χ2v) is 5.42. The molecule has 0 saturated heterocycles. The number of primary sulfonamides is 1. The molecule has 0 atom stereocenters. The van der Waals surface area contributed by atoms with E-state index in [0.29, 0.717) is 13.1 Å². The van der Waals surface area contributed by atoms with Gasteiger partial charge in [0, 0.05) is 18.7 Å². The van der Waals surface area contributed by atoms with Gasteiger partial charge in [0.25, 0.3) is 5.91 Å². The topological polar surface area (TPSA) is 89.7 Å². The van der Waals surface area contributed by atoms with E-state index in [1.165, 1.54) is 25.3 Å². The van der Waals surface area contributed by atoms with Crippen LogP contribution in [0.4, 0.5) is 0 Å². The lowest BCUT2D eigenvalue weighted by atomic mass is 10.2. The van der Waals surface area contributed by atoms with Gasteiger partial charge in [-0.3, -0.25) is 4.79 Å². The summed E-state index contributed by atoms with van der Waals surface area (Å²) in [5.41, 5.74) is 0.272. The number of carbonyl (C=O) groups excluding carboxylic acids is 1. The number of carbonyl (C=O) groups is 1. The van der Waals surface area contributed by atoms with Gasteiger partial charge in [0.2, 0.25) is 10.0 Å². The van der Waals surface area contributed by atoms with Crippen molar-refractivity contribution < 1.29 is 17.9 Å². The number of nitrogens with zero attached hydrogens (tertiary/aromatic N) is 1. The summed E-state index contributed by atoms with van der Waals surface area (Å²) in [7, 11) is -2.59. The van der Waals surface area contributed by atoms with Crippen LogP contribution in [0.3, 0.4) is 0 Å². The molecule has 0 aliphatic heterocycles. The highest BCUT2D eigenvalue weighted by molar-refractivity contribution is 7.89. The Bertz CT molecular complexity index is 565. The molecule has 0 aliphatic carbocycles. The molecular formula is C12H18N2O4S. The van der Waals surface area contributed by atoms with E-state index >= 15 is 0 Å². The van der Waals surface area contributed by atoms with E-state index in [1.807, 2.05) is 13.8 Å². The fourth-order valence-corrected chi connectivity index (χ4v) is 2.45. The maximum absolute atomic E-state index is 12.1. The molecule has 1 rings (SSSR count). The van der Waals surface area contributed by atoms with Crippen molar-refractivity contribution in [2.45, 2.75) is 18.7 Å². The number of sulfonamides is 1. The molecule has 0 saturated carbocycles. The molecule has 0 spiro atoms. The predicted octanol–water partition coefficient (Wildman–Crippen LogP) is 0.825. The van der Waals surface area contributed by atoms with Gasteiger partial charge in [-0.25, -0.2) is 13.6 Å². The first-order valence-corrected chi connectivity index (χ1v) is 7.39. The van der Waals surface area contributed by atoms with Crippen LogP contribution >= 0.6 is 0 Å². The van der Waals surface area contributed by atoms with Crippen LogP contribution in [-0.4, -0.2) is 39.4 Å². The summed E-state index contributed by atoms with van der Waals surface area (Å²) in [5.74, 6) is -0.115. The second kappa shape index (κ2) is 6.03. The zero-order valence-corrected chi connectivity index (χ0v) is 12.0. The molecule has 1 aromatic rings. The Morgan fingerprint density at radius 1 is 1.32 bits per heavy atom. The number of methoxy groups -OCH3 is 1. The summed E-state index contributed by atoms with van der Waals surface area (Å²) in [6.07, 6.45) is 0. The van der Waals surface area contributed by atoms with Crippen LogP contribution < -0.4 is 9.88 Å². The van der Waals surface area contributed by atoms with Gasteiger partial charge in [0.05, 0.1) is 7.11 Å². The molecule has 1 amide bonds. The minimum atomic E-state index is -3.94. The lowest BCUT2D eigenvalue weighted by Crippen LogP contribution is -2.30. The fourth-order valence-electron chi connectivity index (χ4n) is 1.73. The molecule has 7 heteroatoms. The lowest BCUT2D eigenvalue weighted by molar-refractivity contribution is 0.0772. The van der Waals surface area contributed by atoms with E-state index in [9.17, 15) is 13.2 Å². The van der Waals surface area contributed by atoms with Crippen molar-refractivity contribution >= 4 is 15.9 Å². The number of amides is 1. The number of rotatable bonds is 5. The van der Waals surface area contributed by atoms with Crippen molar-refractivity contribution in [1.82, 2.24) is 4.90 Å². The highest BCUT2D eigenvalue weighted by Crippen LogP contribution is 2.24. The van der Waals surface area contributed by atoms with Crippen LogP contribution in [0.2, 0.25) is 0 Å². The van der Waals surface area contributed by atoms with Crippen molar-refractivity contribution in [2.75, 3.05) is 20.2 Å². The van der Waals surface area contributed by atoms with Crippen LogP contribution in [0.5, 0.6) is 5.75 Å². The predicted molar refractivity (Wildman–Crippen MR) is 71.6 cm³/mol. The first-order valence-electron chi connectivity index (χ1n) is 5.85. The van der Waals surface area contributed by atoms with Gasteiger partial charge in [-0.05, 0) is 32.0 Å². The van der Waals surface area contributed by atoms with Gasteiger partial charge in [-0.2, -0.15) is 0 Å². The van der Waals surface area contributed by atoms with E-state index < -0.39 is 10.0 Å². The fraction of sp³-hybridized carbons (Fsp3) is 0.417. The smallest absolute Gasteiger partial charge is 0.253 e. The molecule has 0 aliphatic rings. The lowest BCUT2D eigenvalue weighted by Gasteiger charge is -2.19. The summed E-state index contributed by atoms with van der Waals surface area (Å²) < 4.78 is 27.9. The average molecular weight is 286 g/mol. The molecule has 19 heavy (non-hydrogen) atoms. The maximum Gasteiger partial charge on any atom is 0.253 e. The summed E-state index contributed by atoms with van der Waals surface area (Å²) in [6, 6.07) is 4.19. The van der Waals surface area contributed by atoms with Gasteiger partial charge in [-0.15, -0.1) is 0 Å². The number of benzene rings is 1. The third-order valence-electron chi connectivity index (χ3n) is 2.77. The monoisotopic (exact) mass is 286 g/mol. The molecule has 1 aromatic carbocycles. The van der Waals surface area contributed by atoms with Gasteiger partial charge < -0.3 is 9.64 Å². The standard InChI is InChI=1S/C12H18N2O4S/c1-4-14(5-2)12(15)9-6-7-10(18-3)11(8-9)19(13,16)17/h6-8H,4-5H2,1-3H3,(H2,13,16,17). The van der Waals surface area contributed by atoms with Crippen molar-refractivity contribution in [3.8, 4) is 5.75 Å². The molecule has 106 valence electrons. The molecule has 0 heterocycles. The van der Waals surface area contributed by atoms with Crippen LogP contribution in [-0.2, 0) is 10.0 Å². The zero-order chi connectivity index (χ0) is 14.6. The number of hydrogen-bond acceptors (Lipinski definition) is 4. The SMILES string of the molecule is CCN(CC)C(=O)c1ccc(OC)c(S(N)(=O)=O)c1. The Balaban J connectivity index is 3.30. The van der Waals surface area contributed by atoms with Crippen molar-refractivity contribution in [1.29, 1.82) is 0 Å². The maximum atomic E-state index is 12.1. The van der Waals surface area contributed by atoms with E-state index in [-0.39, 0.29) is 22.1 Å². The van der Waals surface area contributed by atoms with Gasteiger partial charge in [0.1, 0.15) is 10.6 Å². The van der Waals surface area contributed by atoms with E-state index in [0.717, 1.165) is 0 Å². The Morgan fingerprint density at radius 2 is 1.89 bits per heavy atom. The van der Waals surface area contributed by atoms with E-state index in [1.54, 1.807) is 4.90 Å². The highest BCUT2D eigenvalue weighted by Gasteiger charge is 2.19. The molecule has 6 nitrogen and oxygen atoms in total. The largest absolute Gasteiger partial charge is 0.495 e. The van der Waals surface area contributed by atoms with Gasteiger partial charge in [0.15, 0.2) is 0 Å². The molecule has 0 radical (unpaired) electrons. The molecule has 0 unspecified atom stereocenters. The Morgan fingerprint density at radius 3 is 2.32 bits per heavy atom. The minimum Gasteiger partial charge on any atom is -0.495 e. The molecule has 0 aromatic heterocycles. The number of hydrogen-bond donors (Lipinski definition) is 1. The second-order valence-electron chi connectivity index (χ2n) is 3.89.